The van der Waals surface area contributed by atoms with E-state index in [2.05, 4.69) is 27.1 Å². The average molecular weight is 328 g/mol. The van der Waals surface area contributed by atoms with Crippen LogP contribution in [-0.2, 0) is 0 Å². The number of hydrogen-bond donors (Lipinski definition) is 1. The van der Waals surface area contributed by atoms with Gasteiger partial charge in [0.1, 0.15) is 11.6 Å². The summed E-state index contributed by atoms with van der Waals surface area (Å²) in [5.41, 5.74) is 1.93. The van der Waals surface area contributed by atoms with Crippen LogP contribution in [0.25, 0.3) is 0 Å². The van der Waals surface area contributed by atoms with E-state index in [0.717, 1.165) is 48.3 Å². The zero-order valence-electron chi connectivity index (χ0n) is 15.3. The lowest BCUT2D eigenvalue weighted by Gasteiger charge is -2.18. The summed E-state index contributed by atoms with van der Waals surface area (Å²) in [4.78, 5) is 11.3. The number of hydrogen-bond acceptors (Lipinski definition) is 5. The number of aromatic nitrogens is 2. The van der Waals surface area contributed by atoms with E-state index in [-0.39, 0.29) is 6.10 Å². The van der Waals surface area contributed by atoms with Crippen molar-refractivity contribution >= 4 is 17.5 Å². The number of nitrogens with one attached hydrogen (secondary N) is 1. The molecule has 130 valence electrons. The topological polar surface area (TPSA) is 50.3 Å². The summed E-state index contributed by atoms with van der Waals surface area (Å²) in [6, 6.07) is 9.87. The Morgan fingerprint density at radius 3 is 2.50 bits per heavy atom. The Morgan fingerprint density at radius 2 is 1.88 bits per heavy atom. The molecule has 0 unspecified atom stereocenters. The zero-order chi connectivity index (χ0) is 17.5. The Kier molecular flexibility index (Phi) is 6.41. The summed E-state index contributed by atoms with van der Waals surface area (Å²) in [5.74, 6) is 2.43. The number of benzene rings is 1. The number of rotatable bonds is 8. The van der Waals surface area contributed by atoms with E-state index in [9.17, 15) is 0 Å². The molecule has 24 heavy (non-hydrogen) atoms. The van der Waals surface area contributed by atoms with Gasteiger partial charge in [-0.3, -0.25) is 0 Å². The van der Waals surface area contributed by atoms with Gasteiger partial charge in [-0.1, -0.05) is 13.3 Å². The van der Waals surface area contributed by atoms with Crippen molar-refractivity contribution in [2.75, 3.05) is 23.8 Å². The molecule has 0 amide bonds. The van der Waals surface area contributed by atoms with E-state index < -0.39 is 0 Å². The number of ether oxygens (including phenoxy) is 1. The summed E-state index contributed by atoms with van der Waals surface area (Å²) in [7, 11) is 2.03. The number of anilines is 3. The van der Waals surface area contributed by atoms with Crippen molar-refractivity contribution in [3.8, 4) is 5.75 Å². The van der Waals surface area contributed by atoms with Gasteiger partial charge < -0.3 is 15.0 Å². The third-order valence-electron chi connectivity index (χ3n) is 3.53. The minimum atomic E-state index is 0.175. The fourth-order valence-corrected chi connectivity index (χ4v) is 2.32. The fourth-order valence-electron chi connectivity index (χ4n) is 2.32. The summed E-state index contributed by atoms with van der Waals surface area (Å²) < 4.78 is 5.67. The standard InChI is InChI=1S/C19H28N4O/c1-6-7-12-23(5)19-20-15(4)13-18(22-19)21-16-8-10-17(11-9-16)24-14(2)3/h8-11,13-14H,6-7,12H2,1-5H3,(H,20,21,22). The van der Waals surface area contributed by atoms with Crippen LogP contribution in [0.4, 0.5) is 17.5 Å². The molecule has 5 nitrogen and oxygen atoms in total. The molecule has 0 atom stereocenters. The molecule has 0 saturated heterocycles. The Morgan fingerprint density at radius 1 is 1.17 bits per heavy atom. The van der Waals surface area contributed by atoms with Crippen molar-refractivity contribution in [3.05, 3.63) is 36.0 Å². The Labute approximate surface area is 145 Å². The van der Waals surface area contributed by atoms with Gasteiger partial charge in [0.15, 0.2) is 0 Å². The fraction of sp³-hybridized carbons (Fsp3) is 0.474. The molecule has 2 rings (SSSR count). The summed E-state index contributed by atoms with van der Waals surface area (Å²) >= 11 is 0. The third kappa shape index (κ3) is 5.41. The van der Waals surface area contributed by atoms with Gasteiger partial charge in [0.05, 0.1) is 6.10 Å². The van der Waals surface area contributed by atoms with Crippen LogP contribution in [0.15, 0.2) is 30.3 Å². The molecular weight excluding hydrogens is 300 g/mol. The molecule has 0 aliphatic carbocycles. The van der Waals surface area contributed by atoms with Gasteiger partial charge >= 0.3 is 0 Å². The molecule has 0 radical (unpaired) electrons. The second-order valence-corrected chi connectivity index (χ2v) is 6.29. The molecule has 2 aromatic rings. The number of nitrogens with zero attached hydrogens (tertiary/aromatic N) is 3. The van der Waals surface area contributed by atoms with Crippen LogP contribution in [0.2, 0.25) is 0 Å². The lowest BCUT2D eigenvalue weighted by molar-refractivity contribution is 0.242. The normalized spacial score (nSPS) is 10.8. The SMILES string of the molecule is CCCCN(C)c1nc(C)cc(Nc2ccc(OC(C)C)cc2)n1. The van der Waals surface area contributed by atoms with E-state index in [0.29, 0.717) is 0 Å². The van der Waals surface area contributed by atoms with E-state index in [1.807, 2.05) is 58.2 Å². The van der Waals surface area contributed by atoms with Gasteiger partial charge in [0.25, 0.3) is 0 Å². The first-order valence-corrected chi connectivity index (χ1v) is 8.58. The van der Waals surface area contributed by atoms with Crippen LogP contribution in [-0.4, -0.2) is 29.7 Å². The molecule has 0 spiro atoms. The molecule has 5 heteroatoms. The molecule has 0 saturated carbocycles. The maximum Gasteiger partial charge on any atom is 0.227 e. The van der Waals surface area contributed by atoms with Crippen molar-refractivity contribution in [2.24, 2.45) is 0 Å². The van der Waals surface area contributed by atoms with Crippen molar-refractivity contribution < 1.29 is 4.74 Å². The summed E-state index contributed by atoms with van der Waals surface area (Å²) in [6.45, 7) is 9.17. The molecule has 0 bridgehead atoms. The highest BCUT2D eigenvalue weighted by Gasteiger charge is 2.07. The largest absolute Gasteiger partial charge is 0.491 e. The quantitative estimate of drug-likeness (QED) is 0.770. The highest BCUT2D eigenvalue weighted by molar-refractivity contribution is 5.58. The molecule has 1 aromatic heterocycles. The highest BCUT2D eigenvalue weighted by Crippen LogP contribution is 2.21. The summed E-state index contributed by atoms with van der Waals surface area (Å²) in [5, 5.41) is 3.34. The Hall–Kier alpha value is -2.30. The van der Waals surface area contributed by atoms with E-state index in [1.165, 1.54) is 0 Å². The minimum Gasteiger partial charge on any atom is -0.491 e. The van der Waals surface area contributed by atoms with E-state index in [4.69, 9.17) is 4.74 Å². The zero-order valence-corrected chi connectivity index (χ0v) is 15.3. The van der Waals surface area contributed by atoms with Gasteiger partial charge in [-0.05, 0) is 51.5 Å². The maximum atomic E-state index is 5.67. The van der Waals surface area contributed by atoms with Crippen molar-refractivity contribution in [1.29, 1.82) is 0 Å². The maximum absolute atomic E-state index is 5.67. The lowest BCUT2D eigenvalue weighted by Crippen LogP contribution is -2.21. The summed E-state index contributed by atoms with van der Waals surface area (Å²) in [6.07, 6.45) is 2.47. The first-order chi connectivity index (χ1) is 11.5. The van der Waals surface area contributed by atoms with Gasteiger partial charge in [-0.2, -0.15) is 4.98 Å². The molecule has 1 aromatic carbocycles. The van der Waals surface area contributed by atoms with Gasteiger partial charge in [-0.15, -0.1) is 0 Å². The molecular formula is C19H28N4O. The number of unbranched alkanes of at least 4 members (excludes halogenated alkanes) is 1. The van der Waals surface area contributed by atoms with Crippen LogP contribution in [0.1, 0.15) is 39.3 Å². The van der Waals surface area contributed by atoms with Crippen LogP contribution >= 0.6 is 0 Å². The van der Waals surface area contributed by atoms with Gasteiger partial charge in [0.2, 0.25) is 5.95 Å². The van der Waals surface area contributed by atoms with Crippen LogP contribution in [0.3, 0.4) is 0 Å². The molecule has 0 fully saturated rings. The van der Waals surface area contributed by atoms with E-state index >= 15 is 0 Å². The Balaban J connectivity index is 2.10. The van der Waals surface area contributed by atoms with E-state index in [1.54, 1.807) is 0 Å². The second-order valence-electron chi connectivity index (χ2n) is 6.29. The molecule has 0 aliphatic rings. The smallest absolute Gasteiger partial charge is 0.227 e. The van der Waals surface area contributed by atoms with Crippen molar-refractivity contribution in [1.82, 2.24) is 9.97 Å². The predicted molar refractivity (Wildman–Crippen MR) is 100 cm³/mol. The van der Waals surface area contributed by atoms with Crippen molar-refractivity contribution in [2.45, 2.75) is 46.6 Å². The monoisotopic (exact) mass is 328 g/mol. The van der Waals surface area contributed by atoms with Gasteiger partial charge in [0, 0.05) is 31.0 Å². The third-order valence-corrected chi connectivity index (χ3v) is 3.53. The first kappa shape index (κ1) is 18.0. The van der Waals surface area contributed by atoms with Crippen LogP contribution < -0.4 is 15.0 Å². The molecule has 1 heterocycles. The molecule has 0 aliphatic heterocycles. The Bertz CT molecular complexity index is 640. The highest BCUT2D eigenvalue weighted by atomic mass is 16.5. The molecule has 1 N–H and O–H groups in total. The second kappa shape index (κ2) is 8.52. The van der Waals surface area contributed by atoms with Crippen LogP contribution in [0.5, 0.6) is 5.75 Å². The van der Waals surface area contributed by atoms with Crippen molar-refractivity contribution in [3.63, 3.8) is 0 Å². The van der Waals surface area contributed by atoms with Crippen LogP contribution in [0, 0.1) is 6.92 Å². The average Bonchev–Trinajstić information content (AvgIpc) is 2.53. The lowest BCUT2D eigenvalue weighted by atomic mass is 10.3. The number of aryl methyl sites for hydroxylation is 1. The van der Waals surface area contributed by atoms with Gasteiger partial charge in [-0.25, -0.2) is 4.98 Å². The predicted octanol–water partition coefficient (Wildman–Crippen LogP) is 4.55. The first-order valence-electron chi connectivity index (χ1n) is 8.58. The minimum absolute atomic E-state index is 0.175.